The molecular formula is C21H27N5O2. The van der Waals surface area contributed by atoms with Gasteiger partial charge in [-0.05, 0) is 61.7 Å². The fourth-order valence-corrected chi connectivity index (χ4v) is 1.99. The lowest BCUT2D eigenvalue weighted by Crippen LogP contribution is -2.30. The first-order valence-corrected chi connectivity index (χ1v) is 8.76. The van der Waals surface area contributed by atoms with Crippen LogP contribution in [0.25, 0.3) is 0 Å². The molecule has 0 saturated carbocycles. The molecule has 1 heterocycles. The second kappa shape index (κ2) is 13.7. The summed E-state index contributed by atoms with van der Waals surface area (Å²) in [5.74, 6) is 0.690. The zero-order valence-electron chi connectivity index (χ0n) is 16.3. The highest BCUT2D eigenvalue weighted by atomic mass is 16.5. The van der Waals surface area contributed by atoms with Gasteiger partial charge in [-0.1, -0.05) is 12.7 Å². The summed E-state index contributed by atoms with van der Waals surface area (Å²) in [5.41, 5.74) is 9.64. The van der Waals surface area contributed by atoms with E-state index in [1.807, 2.05) is 25.3 Å². The highest BCUT2D eigenvalue weighted by Gasteiger charge is 2.08. The number of aromatic nitrogens is 1. The van der Waals surface area contributed by atoms with E-state index in [-0.39, 0.29) is 11.6 Å². The van der Waals surface area contributed by atoms with Crippen molar-refractivity contribution < 1.29 is 9.53 Å². The van der Waals surface area contributed by atoms with Crippen LogP contribution in [-0.4, -0.2) is 37.3 Å². The van der Waals surface area contributed by atoms with E-state index >= 15 is 0 Å². The fraction of sp³-hybridized carbons (Fsp3) is 0.238. The highest BCUT2D eigenvalue weighted by Crippen LogP contribution is 2.11. The average molecular weight is 381 g/mol. The Morgan fingerprint density at radius 3 is 3.00 bits per heavy atom. The number of hydrogen-bond donors (Lipinski definition) is 3. The third-order valence-corrected chi connectivity index (χ3v) is 3.34. The zero-order chi connectivity index (χ0) is 20.6. The molecule has 1 aromatic heterocycles. The molecule has 0 aliphatic heterocycles. The Morgan fingerprint density at radius 1 is 1.46 bits per heavy atom. The summed E-state index contributed by atoms with van der Waals surface area (Å²) in [6.45, 7) is 4.80. The van der Waals surface area contributed by atoms with Crippen molar-refractivity contribution in [2.45, 2.75) is 13.0 Å². The first-order valence-electron chi connectivity index (χ1n) is 8.76. The molecular weight excluding hydrogens is 354 g/mol. The van der Waals surface area contributed by atoms with Crippen molar-refractivity contribution in [3.05, 3.63) is 78.5 Å². The number of rotatable bonds is 11. The lowest BCUT2D eigenvalue weighted by molar-refractivity contribution is -0.114. The van der Waals surface area contributed by atoms with Crippen molar-refractivity contribution in [3.8, 4) is 0 Å². The Morgan fingerprint density at radius 2 is 2.29 bits per heavy atom. The minimum absolute atomic E-state index is 0.192. The second-order valence-electron chi connectivity index (χ2n) is 5.52. The number of nitrogens with one attached hydrogen (secondary N) is 2. The Bertz CT molecular complexity index is 803. The number of methoxy groups -OCH3 is 1. The molecule has 0 aromatic carbocycles. The van der Waals surface area contributed by atoms with Crippen LogP contribution in [0.1, 0.15) is 12.0 Å². The molecule has 1 rings (SSSR count). The number of allylic oxidation sites excluding steroid dienone is 2. The molecule has 0 aliphatic rings. The highest BCUT2D eigenvalue weighted by molar-refractivity contribution is 6.43. The van der Waals surface area contributed by atoms with Gasteiger partial charge >= 0.3 is 0 Å². The molecule has 1 amide bonds. The fourth-order valence-electron chi connectivity index (χ4n) is 1.99. The molecule has 0 unspecified atom stereocenters. The van der Waals surface area contributed by atoms with Gasteiger partial charge in [0, 0.05) is 19.3 Å². The largest absolute Gasteiger partial charge is 0.497 e. The van der Waals surface area contributed by atoms with E-state index in [2.05, 4.69) is 32.9 Å². The standard InChI is InChI=1S/C21H27N5O2/c1-17(28-3)9-7-5-4-6-8-13-25-21(27)19(10-12-22)26-20-15-18(16-23-2)11-14-24-20/h5-7,9-12,14-15,23H,1,8,13,16,22H2,2-3H3,(H,25,27)/b9-7-,12-10-,26-19?. The van der Waals surface area contributed by atoms with Gasteiger partial charge < -0.3 is 21.1 Å². The molecule has 0 aliphatic carbocycles. The van der Waals surface area contributed by atoms with Gasteiger partial charge in [0.25, 0.3) is 5.91 Å². The SMILES string of the molecule is C=C(/C=C\C=C=CCCNC(=O)C(/C=C\N)=Nc1cc(CNC)ccn1)OC. The summed E-state index contributed by atoms with van der Waals surface area (Å²) in [6, 6.07) is 3.70. The first kappa shape index (κ1) is 22.6. The summed E-state index contributed by atoms with van der Waals surface area (Å²) in [6.07, 6.45) is 12.1. The van der Waals surface area contributed by atoms with E-state index in [1.165, 1.54) is 12.3 Å². The molecule has 0 atom stereocenters. The molecule has 0 saturated heterocycles. The molecule has 1 aromatic rings. The lowest BCUT2D eigenvalue weighted by atomic mass is 10.2. The number of aliphatic imine (C=N–C) groups is 1. The number of hydrogen-bond acceptors (Lipinski definition) is 6. The Labute approximate surface area is 166 Å². The van der Waals surface area contributed by atoms with Gasteiger partial charge in [-0.25, -0.2) is 9.98 Å². The summed E-state index contributed by atoms with van der Waals surface area (Å²) in [5, 5.41) is 5.85. The smallest absolute Gasteiger partial charge is 0.270 e. The topological polar surface area (TPSA) is 102 Å². The first-order chi connectivity index (χ1) is 13.6. The molecule has 4 N–H and O–H groups in total. The second-order valence-corrected chi connectivity index (χ2v) is 5.52. The van der Waals surface area contributed by atoms with Gasteiger partial charge in [0.15, 0.2) is 5.82 Å². The van der Waals surface area contributed by atoms with Crippen LogP contribution in [0.5, 0.6) is 0 Å². The Balaban J connectivity index is 2.63. The third-order valence-electron chi connectivity index (χ3n) is 3.34. The van der Waals surface area contributed by atoms with Gasteiger partial charge in [-0.15, -0.1) is 5.73 Å². The lowest BCUT2D eigenvalue weighted by Gasteiger charge is -2.04. The Hall–Kier alpha value is -3.41. The predicted octanol–water partition coefficient (Wildman–Crippen LogP) is 2.28. The van der Waals surface area contributed by atoms with E-state index in [4.69, 9.17) is 10.5 Å². The maximum atomic E-state index is 12.3. The maximum absolute atomic E-state index is 12.3. The molecule has 7 nitrogen and oxygen atoms in total. The van der Waals surface area contributed by atoms with Crippen molar-refractivity contribution in [1.82, 2.24) is 15.6 Å². The van der Waals surface area contributed by atoms with Gasteiger partial charge in [-0.3, -0.25) is 4.79 Å². The molecule has 148 valence electrons. The average Bonchev–Trinajstić information content (AvgIpc) is 2.69. The van der Waals surface area contributed by atoms with Gasteiger partial charge in [0.05, 0.1) is 7.11 Å². The molecule has 0 radical (unpaired) electrons. The van der Waals surface area contributed by atoms with Gasteiger partial charge in [0.2, 0.25) is 0 Å². The number of ether oxygens (including phenoxy) is 1. The number of carbonyl (C=O) groups excluding carboxylic acids is 1. The van der Waals surface area contributed by atoms with Crippen molar-refractivity contribution in [2.24, 2.45) is 10.7 Å². The monoisotopic (exact) mass is 381 g/mol. The number of pyridine rings is 1. The van der Waals surface area contributed by atoms with Crippen LogP contribution in [0.2, 0.25) is 0 Å². The molecule has 28 heavy (non-hydrogen) atoms. The summed E-state index contributed by atoms with van der Waals surface area (Å²) in [7, 11) is 3.41. The number of nitrogens with zero attached hydrogens (tertiary/aromatic N) is 2. The maximum Gasteiger partial charge on any atom is 0.270 e. The van der Waals surface area contributed by atoms with E-state index in [0.717, 1.165) is 5.56 Å². The Kier molecular flexibility index (Phi) is 11.1. The number of amides is 1. The minimum atomic E-state index is -0.323. The van der Waals surface area contributed by atoms with E-state index in [1.54, 1.807) is 31.5 Å². The van der Waals surface area contributed by atoms with Crippen LogP contribution in [0.3, 0.4) is 0 Å². The van der Waals surface area contributed by atoms with Gasteiger partial charge in [-0.2, -0.15) is 0 Å². The quantitative estimate of drug-likeness (QED) is 0.179. The normalized spacial score (nSPS) is 11.3. The molecule has 0 fully saturated rings. The van der Waals surface area contributed by atoms with Crippen molar-refractivity contribution in [2.75, 3.05) is 20.7 Å². The summed E-state index contributed by atoms with van der Waals surface area (Å²) in [4.78, 5) is 20.8. The molecule has 7 heteroatoms. The molecule has 0 bridgehead atoms. The molecule has 0 spiro atoms. The van der Waals surface area contributed by atoms with Crippen LogP contribution >= 0.6 is 0 Å². The van der Waals surface area contributed by atoms with Crippen LogP contribution < -0.4 is 16.4 Å². The third kappa shape index (κ3) is 9.33. The van der Waals surface area contributed by atoms with Crippen LogP contribution in [0, 0.1) is 0 Å². The van der Waals surface area contributed by atoms with Crippen LogP contribution in [0.15, 0.2) is 78.0 Å². The van der Waals surface area contributed by atoms with Crippen LogP contribution in [0.4, 0.5) is 5.82 Å². The summed E-state index contributed by atoms with van der Waals surface area (Å²) < 4.78 is 4.91. The predicted molar refractivity (Wildman–Crippen MR) is 113 cm³/mol. The minimum Gasteiger partial charge on any atom is -0.497 e. The zero-order valence-corrected chi connectivity index (χ0v) is 16.3. The van der Waals surface area contributed by atoms with E-state index < -0.39 is 0 Å². The van der Waals surface area contributed by atoms with E-state index in [9.17, 15) is 4.79 Å². The summed E-state index contributed by atoms with van der Waals surface area (Å²) >= 11 is 0. The van der Waals surface area contributed by atoms with Gasteiger partial charge in [0.1, 0.15) is 11.5 Å². The van der Waals surface area contributed by atoms with E-state index in [0.29, 0.717) is 31.1 Å². The number of carbonyl (C=O) groups is 1. The van der Waals surface area contributed by atoms with Crippen molar-refractivity contribution in [1.29, 1.82) is 0 Å². The van der Waals surface area contributed by atoms with Crippen LogP contribution in [-0.2, 0) is 16.1 Å². The van der Waals surface area contributed by atoms with Crippen molar-refractivity contribution in [3.63, 3.8) is 0 Å². The van der Waals surface area contributed by atoms with Crippen molar-refractivity contribution >= 4 is 17.4 Å². The number of nitrogens with two attached hydrogens (primary N) is 1.